The Bertz CT molecular complexity index is 1310. The van der Waals surface area contributed by atoms with Crippen LogP contribution in [0.4, 0.5) is 19.0 Å². The molecule has 0 radical (unpaired) electrons. The van der Waals surface area contributed by atoms with E-state index >= 15 is 0 Å². The number of aromatic nitrogens is 2. The molecule has 180 valence electrons. The zero-order valence-electron chi connectivity index (χ0n) is 18.4. The average molecular weight is 520 g/mol. The highest BCUT2D eigenvalue weighted by molar-refractivity contribution is 6.33. The lowest BCUT2D eigenvalue weighted by Gasteiger charge is -2.36. The number of rotatable bonds is 3. The molecule has 0 unspecified atom stereocenters. The van der Waals surface area contributed by atoms with E-state index in [9.17, 15) is 23.2 Å². The molecule has 1 amide bonds. The number of carbonyl (C=O) groups excluding carboxylic acids is 1. The summed E-state index contributed by atoms with van der Waals surface area (Å²) in [6, 6.07) is 11.4. The van der Waals surface area contributed by atoms with Gasteiger partial charge in [0.1, 0.15) is 11.9 Å². The summed E-state index contributed by atoms with van der Waals surface area (Å²) in [6.45, 7) is 2.99. The Balaban J connectivity index is 1.51. The first kappa shape index (κ1) is 24.8. The lowest BCUT2D eigenvalue weighted by Crippen LogP contribution is -2.49. The van der Waals surface area contributed by atoms with Crippen LogP contribution in [-0.2, 0) is 6.18 Å². The summed E-state index contributed by atoms with van der Waals surface area (Å²) in [7, 11) is 0. The summed E-state index contributed by atoms with van der Waals surface area (Å²) in [5, 5.41) is 10.1. The fourth-order valence-electron chi connectivity index (χ4n) is 3.84. The molecule has 0 saturated carbocycles. The summed E-state index contributed by atoms with van der Waals surface area (Å²) >= 11 is 12.0. The largest absolute Gasteiger partial charge is 0.417 e. The zero-order valence-corrected chi connectivity index (χ0v) is 19.9. The number of hydrogen-bond donors (Lipinski definition) is 0. The molecule has 0 atom stereocenters. The van der Waals surface area contributed by atoms with Crippen molar-refractivity contribution >= 4 is 34.9 Å². The molecule has 35 heavy (non-hydrogen) atoms. The highest BCUT2D eigenvalue weighted by Gasteiger charge is 2.33. The average Bonchev–Trinajstić information content (AvgIpc) is 2.83. The van der Waals surface area contributed by atoms with Crippen LogP contribution in [0.5, 0.6) is 0 Å². The quantitative estimate of drug-likeness (QED) is 0.449. The van der Waals surface area contributed by atoms with Crippen molar-refractivity contribution in [3.8, 4) is 17.3 Å². The molecule has 1 aromatic carbocycles. The van der Waals surface area contributed by atoms with Crippen molar-refractivity contribution < 1.29 is 18.0 Å². The highest BCUT2D eigenvalue weighted by Crippen LogP contribution is 2.34. The third kappa shape index (κ3) is 5.19. The first-order chi connectivity index (χ1) is 16.6. The predicted molar refractivity (Wildman–Crippen MR) is 127 cm³/mol. The van der Waals surface area contributed by atoms with E-state index in [0.717, 1.165) is 12.3 Å². The van der Waals surface area contributed by atoms with Gasteiger partial charge in [0.15, 0.2) is 0 Å². The number of pyridine rings is 2. The minimum absolute atomic E-state index is 0.101. The number of alkyl halides is 3. The van der Waals surface area contributed by atoms with Crippen molar-refractivity contribution in [2.24, 2.45) is 0 Å². The van der Waals surface area contributed by atoms with Gasteiger partial charge < -0.3 is 9.80 Å². The van der Waals surface area contributed by atoms with Crippen molar-refractivity contribution in [3.63, 3.8) is 0 Å². The lowest BCUT2D eigenvalue weighted by atomic mass is 10.0. The van der Waals surface area contributed by atoms with Crippen LogP contribution >= 0.6 is 23.2 Å². The molecule has 0 N–H and O–H groups in total. The first-order valence-corrected chi connectivity index (χ1v) is 11.3. The molecule has 1 aliphatic rings. The number of piperazine rings is 1. The van der Waals surface area contributed by atoms with Crippen LogP contribution in [0.25, 0.3) is 11.3 Å². The number of carbonyl (C=O) groups is 1. The fourth-order valence-corrected chi connectivity index (χ4v) is 4.26. The minimum Gasteiger partial charge on any atom is -0.352 e. The van der Waals surface area contributed by atoms with Crippen LogP contribution in [0.1, 0.15) is 27.2 Å². The van der Waals surface area contributed by atoms with Gasteiger partial charge in [-0.15, -0.1) is 0 Å². The molecule has 11 heteroatoms. The van der Waals surface area contributed by atoms with Gasteiger partial charge in [-0.1, -0.05) is 35.3 Å². The summed E-state index contributed by atoms with van der Waals surface area (Å²) in [6.07, 6.45) is -3.78. The maximum absolute atomic E-state index is 13.2. The molecule has 0 aliphatic carbocycles. The number of nitrogens with zero attached hydrogens (tertiary/aromatic N) is 5. The predicted octanol–water partition coefficient (Wildman–Crippen LogP) is 5.61. The van der Waals surface area contributed by atoms with Crippen molar-refractivity contribution in [2.75, 3.05) is 31.1 Å². The molecule has 1 fully saturated rings. The van der Waals surface area contributed by atoms with E-state index in [1.807, 2.05) is 0 Å². The number of anilines is 1. The third-order valence-corrected chi connectivity index (χ3v) is 6.23. The fraction of sp³-hybridized carbons (Fsp3) is 0.250. The third-order valence-electron chi connectivity index (χ3n) is 5.70. The van der Waals surface area contributed by atoms with Gasteiger partial charge in [0.05, 0.1) is 33.1 Å². The maximum Gasteiger partial charge on any atom is 0.417 e. The Hall–Kier alpha value is -3.35. The summed E-state index contributed by atoms with van der Waals surface area (Å²) in [5.41, 5.74) is 1.32. The van der Waals surface area contributed by atoms with E-state index < -0.39 is 11.7 Å². The van der Waals surface area contributed by atoms with Crippen molar-refractivity contribution in [1.29, 1.82) is 5.26 Å². The van der Waals surface area contributed by atoms with E-state index in [4.69, 9.17) is 23.2 Å². The van der Waals surface area contributed by atoms with Crippen LogP contribution in [0.3, 0.4) is 0 Å². The van der Waals surface area contributed by atoms with Crippen LogP contribution in [0.15, 0.2) is 42.6 Å². The van der Waals surface area contributed by atoms with E-state index in [1.54, 1.807) is 41.0 Å². The molecular formula is C24H18Cl2F3N5O. The minimum atomic E-state index is -4.53. The number of hydrogen-bond acceptors (Lipinski definition) is 5. The molecule has 2 aromatic heterocycles. The normalized spacial score (nSPS) is 14.1. The maximum atomic E-state index is 13.2. The Morgan fingerprint density at radius 3 is 2.31 bits per heavy atom. The van der Waals surface area contributed by atoms with Gasteiger partial charge >= 0.3 is 6.18 Å². The van der Waals surface area contributed by atoms with E-state index in [0.29, 0.717) is 53.7 Å². The molecule has 0 spiro atoms. The monoisotopic (exact) mass is 519 g/mol. The molecule has 6 nitrogen and oxygen atoms in total. The molecule has 1 aliphatic heterocycles. The first-order valence-electron chi connectivity index (χ1n) is 10.5. The van der Waals surface area contributed by atoms with Gasteiger partial charge in [0.2, 0.25) is 0 Å². The summed E-state index contributed by atoms with van der Waals surface area (Å²) < 4.78 is 38.6. The summed E-state index contributed by atoms with van der Waals surface area (Å²) in [5.74, 6) is -0.0380. The number of halogens is 5. The van der Waals surface area contributed by atoms with Crippen molar-refractivity contribution in [2.45, 2.75) is 13.1 Å². The molecule has 3 aromatic rings. The molecule has 3 heterocycles. The highest BCUT2D eigenvalue weighted by atomic mass is 35.5. The second kappa shape index (κ2) is 9.72. The summed E-state index contributed by atoms with van der Waals surface area (Å²) in [4.78, 5) is 25.0. The Morgan fingerprint density at radius 1 is 1.09 bits per heavy atom. The molecule has 4 rings (SSSR count). The van der Waals surface area contributed by atoms with Crippen molar-refractivity contribution in [1.82, 2.24) is 14.9 Å². The number of nitriles is 1. The smallest absolute Gasteiger partial charge is 0.352 e. The number of aryl methyl sites for hydroxylation is 1. The standard InChI is InChI=1S/C24H18Cl2F3N5O/c1-14-19(10-16(12-30)21(32-14)15-2-4-18(25)5-3-15)23(35)34-8-6-33(7-9-34)22-20(26)11-17(13-31-22)24(27,28)29/h2-5,10-11,13H,6-9H2,1H3. The Morgan fingerprint density at radius 2 is 1.74 bits per heavy atom. The number of amides is 1. The Kier molecular flexibility index (Phi) is 6.88. The Labute approximate surface area is 209 Å². The van der Waals surface area contributed by atoms with Crippen LogP contribution in [-0.4, -0.2) is 47.0 Å². The van der Waals surface area contributed by atoms with Gasteiger partial charge in [-0.3, -0.25) is 9.78 Å². The second-order valence-electron chi connectivity index (χ2n) is 7.94. The second-order valence-corrected chi connectivity index (χ2v) is 8.79. The molecule has 0 bridgehead atoms. The number of benzene rings is 1. The SMILES string of the molecule is Cc1nc(-c2ccc(Cl)cc2)c(C#N)cc1C(=O)N1CCN(c2ncc(C(F)(F)F)cc2Cl)CC1. The van der Waals surface area contributed by atoms with Crippen LogP contribution in [0, 0.1) is 18.3 Å². The van der Waals surface area contributed by atoms with Gasteiger partial charge in [-0.05, 0) is 31.2 Å². The molecular weight excluding hydrogens is 502 g/mol. The van der Waals surface area contributed by atoms with Gasteiger partial charge in [0.25, 0.3) is 5.91 Å². The van der Waals surface area contributed by atoms with Gasteiger partial charge in [-0.25, -0.2) is 4.98 Å². The van der Waals surface area contributed by atoms with Gasteiger partial charge in [0, 0.05) is 43.0 Å². The van der Waals surface area contributed by atoms with Crippen LogP contribution in [0.2, 0.25) is 10.0 Å². The molecule has 1 saturated heterocycles. The van der Waals surface area contributed by atoms with Gasteiger partial charge in [-0.2, -0.15) is 18.4 Å². The van der Waals surface area contributed by atoms with Crippen LogP contribution < -0.4 is 4.90 Å². The van der Waals surface area contributed by atoms with Crippen molar-refractivity contribution in [3.05, 3.63) is 75.0 Å². The van der Waals surface area contributed by atoms with E-state index in [1.165, 1.54) is 6.07 Å². The van der Waals surface area contributed by atoms with E-state index in [2.05, 4.69) is 16.0 Å². The zero-order chi connectivity index (χ0) is 25.3. The van der Waals surface area contributed by atoms with E-state index in [-0.39, 0.29) is 22.3 Å². The lowest BCUT2D eigenvalue weighted by molar-refractivity contribution is -0.137. The topological polar surface area (TPSA) is 73.1 Å².